The molecule has 0 aromatic heterocycles. The summed E-state index contributed by atoms with van der Waals surface area (Å²) in [5.74, 6) is 0. The molecule has 2 N–H and O–H groups in total. The number of rotatable bonds is 8. The molecule has 0 saturated heterocycles. The molecule has 0 aliphatic carbocycles. The van der Waals surface area contributed by atoms with Crippen LogP contribution in [0, 0.1) is 0 Å². The van der Waals surface area contributed by atoms with E-state index in [-0.39, 0.29) is 6.03 Å². The average Bonchev–Trinajstić information content (AvgIpc) is 2.94. The van der Waals surface area contributed by atoms with Crippen LogP contribution < -0.4 is 10.6 Å². The van der Waals surface area contributed by atoms with Crippen molar-refractivity contribution in [2.24, 2.45) is 38.9 Å². The Hall–Kier alpha value is -4.39. The van der Waals surface area contributed by atoms with Gasteiger partial charge in [-0.15, -0.1) is 0 Å². The molecule has 0 spiro atoms. The first-order valence-electron chi connectivity index (χ1n) is 11.5. The van der Waals surface area contributed by atoms with Crippen LogP contribution in [0.15, 0.2) is 136 Å². The van der Waals surface area contributed by atoms with Crippen LogP contribution in [0.1, 0.15) is 0 Å². The van der Waals surface area contributed by atoms with Crippen molar-refractivity contribution in [2.45, 2.75) is 0 Å². The molecule has 0 atom stereocenters. The van der Waals surface area contributed by atoms with Gasteiger partial charge in [-0.05, 0) is 97.1 Å². The van der Waals surface area contributed by atoms with Crippen molar-refractivity contribution in [3.8, 4) is 0 Å². The Morgan fingerprint density at radius 2 is 0.658 bits per heavy atom. The van der Waals surface area contributed by atoms with Gasteiger partial charge in [0.05, 0.1) is 34.1 Å². The fourth-order valence-corrected chi connectivity index (χ4v) is 3.61. The van der Waals surface area contributed by atoms with E-state index in [1.165, 1.54) is 0 Å². The van der Waals surface area contributed by atoms with Gasteiger partial charge in [-0.2, -0.15) is 30.7 Å². The van der Waals surface area contributed by atoms with Gasteiger partial charge in [0.2, 0.25) is 0 Å². The fraction of sp³-hybridized carbons (Fsp3) is 0. The first-order chi connectivity index (χ1) is 18.6. The predicted octanol–water partition coefficient (Wildman–Crippen LogP) is 7.43. The number of hydrogen-bond acceptors (Lipinski definition) is 9. The summed E-state index contributed by atoms with van der Waals surface area (Å²) >= 11 is 1.34. The van der Waals surface area contributed by atoms with Crippen molar-refractivity contribution in [1.29, 1.82) is 0 Å². The van der Waals surface area contributed by atoms with Crippen molar-refractivity contribution in [1.82, 2.24) is 0 Å². The maximum atomic E-state index is 12.4. The zero-order valence-electron chi connectivity index (χ0n) is 20.7. The fourth-order valence-electron chi connectivity index (χ4n) is 3.15. The number of hydrogen-bond donors (Lipinski definition) is 2. The minimum Gasteiger partial charge on any atom is -0.328 e. The van der Waals surface area contributed by atoms with Crippen LogP contribution in [0.4, 0.5) is 50.3 Å². The Morgan fingerprint density at radius 1 is 0.421 bits per heavy atom. The molecule has 0 aliphatic rings. The lowest BCUT2D eigenvalue weighted by Gasteiger charge is -2.08. The first-order valence-corrected chi connectivity index (χ1v) is 13.3. The topological polar surface area (TPSA) is 140 Å². The number of carbonyl (C=O) groups is 1. The number of urea groups is 1. The highest BCUT2D eigenvalue weighted by Crippen LogP contribution is 2.24. The molecule has 4 aromatic carbocycles. The van der Waals surface area contributed by atoms with Crippen LogP contribution in [0.5, 0.6) is 0 Å². The van der Waals surface area contributed by atoms with Gasteiger partial charge in [0.1, 0.15) is 0 Å². The Labute approximate surface area is 235 Å². The molecule has 0 radical (unpaired) electrons. The van der Waals surface area contributed by atoms with Gasteiger partial charge in [-0.1, -0.05) is 0 Å². The van der Waals surface area contributed by atoms with Crippen LogP contribution in [0.25, 0.3) is 0 Å². The maximum Gasteiger partial charge on any atom is 0.427 e. The number of carbonyl (C=O) groups excluding carboxylic acids is 1. The lowest BCUT2D eigenvalue weighted by atomic mass is 10.3. The van der Waals surface area contributed by atoms with E-state index < -0.39 is 0 Å². The molecule has 0 unspecified atom stereocenters. The van der Waals surface area contributed by atoms with Crippen molar-refractivity contribution in [3.05, 3.63) is 97.1 Å². The van der Waals surface area contributed by atoms with Gasteiger partial charge in [0, 0.05) is 11.4 Å². The standard InChI is InChI=1S/C25H18N10O.2Al.4H/c26-30-19-5-13-23(14-6-19)34-32-21-9-1-17(2-10-21)28-25(36)29-18-3-11-22(12-4-18)33-35-24-15-7-20(31-27)8-16-24;;;;;;/h1-16H,(H2,28,29,36);;;;;;/q-2;2*+1;;;;. The number of anilines is 2. The minimum absolute atomic E-state index is 0.368. The number of amides is 2. The van der Waals surface area contributed by atoms with E-state index in [0.717, 1.165) is 11.4 Å². The van der Waals surface area contributed by atoms with Crippen LogP contribution in [-0.2, 0) is 0 Å². The molecule has 0 fully saturated rings. The van der Waals surface area contributed by atoms with Gasteiger partial charge in [-0.25, -0.2) is 4.79 Å². The van der Waals surface area contributed by atoms with E-state index >= 15 is 0 Å². The van der Waals surface area contributed by atoms with Gasteiger partial charge in [0.25, 0.3) is 0 Å². The predicted molar refractivity (Wildman–Crippen MR) is 153 cm³/mol. The Bertz CT molecular complexity index is 1360. The van der Waals surface area contributed by atoms with E-state index in [9.17, 15) is 4.79 Å². The zero-order chi connectivity index (χ0) is 26.6. The summed E-state index contributed by atoms with van der Waals surface area (Å²) in [6, 6.07) is 28.4. The molecule has 4 rings (SSSR count). The smallest absolute Gasteiger partial charge is 0.328 e. The van der Waals surface area contributed by atoms with Crippen molar-refractivity contribution in [3.63, 3.8) is 0 Å². The molecule has 0 bridgehead atoms. The second kappa shape index (κ2) is 13.8. The quantitative estimate of drug-likeness (QED) is 0.177. The Balaban J connectivity index is 1.27. The highest BCUT2D eigenvalue weighted by Gasteiger charge is 2.03. The summed E-state index contributed by atoms with van der Waals surface area (Å²) in [7, 11) is 0. The van der Waals surface area contributed by atoms with E-state index in [4.69, 9.17) is 0 Å². The Morgan fingerprint density at radius 3 is 0.921 bits per heavy atom. The number of nitrogens with one attached hydrogen (secondary N) is 2. The molecule has 184 valence electrons. The molecule has 11 nitrogen and oxygen atoms in total. The minimum atomic E-state index is -0.368. The third-order valence-electron chi connectivity index (χ3n) is 4.94. The van der Waals surface area contributed by atoms with Crippen molar-refractivity contribution < 1.29 is 4.79 Å². The monoisotopic (exact) mass is 532 g/mol. The van der Waals surface area contributed by atoms with Crippen LogP contribution >= 0.6 is 0 Å². The number of nitrogens with zero attached hydrogens (tertiary/aromatic N) is 8. The second-order valence-corrected chi connectivity index (χ2v) is 8.51. The normalized spacial score (nSPS) is 11.6. The van der Waals surface area contributed by atoms with Gasteiger partial charge < -0.3 is 18.8 Å². The summed E-state index contributed by atoms with van der Waals surface area (Å²) in [6.07, 6.45) is 0. The molecular weight excluding hydrogens is 510 g/mol. The van der Waals surface area contributed by atoms with Crippen molar-refractivity contribution >= 4 is 84.6 Å². The van der Waals surface area contributed by atoms with Gasteiger partial charge >= 0.3 is 39.1 Å². The van der Waals surface area contributed by atoms with Crippen LogP contribution in [-0.4, -0.2) is 39.1 Å². The van der Waals surface area contributed by atoms with E-state index in [1.54, 1.807) is 48.5 Å². The largest absolute Gasteiger partial charge is 0.427 e. The summed E-state index contributed by atoms with van der Waals surface area (Å²) < 4.78 is 7.74. The first kappa shape index (κ1) is 26.7. The van der Waals surface area contributed by atoms with E-state index in [0.29, 0.717) is 67.1 Å². The number of benzene rings is 4. The molecule has 2 amide bonds. The lowest BCUT2D eigenvalue weighted by molar-refractivity contribution is 0.262. The van der Waals surface area contributed by atoms with E-state index in [2.05, 4.69) is 49.5 Å². The summed E-state index contributed by atoms with van der Waals surface area (Å²) in [4.78, 5) is 12.4. The third kappa shape index (κ3) is 8.34. The van der Waals surface area contributed by atoms with Crippen molar-refractivity contribution in [2.75, 3.05) is 10.6 Å². The third-order valence-corrected chi connectivity index (χ3v) is 5.34. The molecule has 4 aromatic rings. The van der Waals surface area contributed by atoms with Crippen LogP contribution in [0.2, 0.25) is 0 Å². The van der Waals surface area contributed by atoms with Crippen LogP contribution in [0.3, 0.4) is 0 Å². The lowest BCUT2D eigenvalue weighted by Crippen LogP contribution is -2.19. The second-order valence-electron chi connectivity index (χ2n) is 7.71. The van der Waals surface area contributed by atoms with E-state index in [1.807, 2.05) is 48.5 Å². The molecule has 13 heteroatoms. The summed E-state index contributed by atoms with van der Waals surface area (Å²) in [5.41, 5.74) is 5.56. The number of azo groups is 2. The molecule has 0 aliphatic heterocycles. The molecule has 0 saturated carbocycles. The summed E-state index contributed by atoms with van der Waals surface area (Å²) in [6.45, 7) is 0. The molecular formula is C25H22Al2N10O. The Kier molecular flexibility index (Phi) is 9.68. The average molecular weight is 532 g/mol. The molecule has 38 heavy (non-hydrogen) atoms. The van der Waals surface area contributed by atoms with Gasteiger partial charge in [0.15, 0.2) is 0 Å². The maximum absolute atomic E-state index is 12.4. The zero-order valence-corrected chi connectivity index (χ0v) is 24.7. The highest BCUT2D eigenvalue weighted by molar-refractivity contribution is 6.05. The highest BCUT2D eigenvalue weighted by atomic mass is 27.1. The summed E-state index contributed by atoms with van der Waals surface area (Å²) in [5, 5.41) is 30.5. The van der Waals surface area contributed by atoms with Gasteiger partial charge in [-0.3, -0.25) is 0 Å². The SMILES string of the molecule is O=C(Nc1ccc(N=Nc2ccc(N=[N][AlH2])cc2)cc1)Nc1ccc(N=Nc2ccc(N=[N][AlH2])cc2)cc1. The molecule has 0 heterocycles.